The van der Waals surface area contributed by atoms with Gasteiger partial charge in [-0.15, -0.1) is 11.8 Å². The van der Waals surface area contributed by atoms with E-state index in [1.807, 2.05) is 61.0 Å². The Labute approximate surface area is 174 Å². The average Bonchev–Trinajstić information content (AvgIpc) is 2.70. The highest BCUT2D eigenvalue weighted by atomic mass is 32.2. The molecule has 1 aliphatic heterocycles. The van der Waals surface area contributed by atoms with Crippen LogP contribution in [0.1, 0.15) is 19.4 Å². The number of aliphatic carboxylic acids is 1. The van der Waals surface area contributed by atoms with Crippen LogP contribution in [0.4, 0.5) is 10.2 Å². The maximum atomic E-state index is 13.8. The number of rotatable bonds is 7. The Morgan fingerprint density at radius 3 is 2.72 bits per heavy atom. The molecule has 0 bridgehead atoms. The van der Waals surface area contributed by atoms with Crippen LogP contribution in [-0.2, 0) is 11.3 Å². The highest BCUT2D eigenvalue weighted by Gasteiger charge is 2.33. The lowest BCUT2D eigenvalue weighted by Crippen LogP contribution is -2.47. The van der Waals surface area contributed by atoms with E-state index < -0.39 is 5.97 Å². The summed E-state index contributed by atoms with van der Waals surface area (Å²) < 4.78 is 13.8. The Morgan fingerprint density at radius 1 is 1.31 bits per heavy atom. The summed E-state index contributed by atoms with van der Waals surface area (Å²) >= 11 is 1.48. The van der Waals surface area contributed by atoms with Crippen molar-refractivity contribution in [1.82, 2.24) is 9.88 Å². The van der Waals surface area contributed by atoms with E-state index in [1.54, 1.807) is 12.3 Å². The van der Waals surface area contributed by atoms with Gasteiger partial charge in [0, 0.05) is 19.8 Å². The number of carbonyl (C=O) groups is 1. The van der Waals surface area contributed by atoms with Gasteiger partial charge >= 0.3 is 5.97 Å². The van der Waals surface area contributed by atoms with Crippen LogP contribution in [0, 0.1) is 5.82 Å². The van der Waals surface area contributed by atoms with Crippen LogP contribution in [-0.4, -0.2) is 39.9 Å². The minimum atomic E-state index is -0.960. The van der Waals surface area contributed by atoms with Gasteiger partial charge in [-0.25, -0.2) is 14.2 Å². The third kappa shape index (κ3) is 4.62. The first-order chi connectivity index (χ1) is 13.9. The molecule has 0 spiro atoms. The van der Waals surface area contributed by atoms with E-state index >= 15 is 0 Å². The molecule has 2 aromatic rings. The molecule has 0 aliphatic carbocycles. The van der Waals surface area contributed by atoms with Gasteiger partial charge in [0.15, 0.2) is 0 Å². The Bertz CT molecular complexity index is 946. The summed E-state index contributed by atoms with van der Waals surface area (Å²) in [5.74, 6) is 0.218. The molecule has 1 aliphatic rings. The van der Waals surface area contributed by atoms with E-state index in [2.05, 4.69) is 4.98 Å². The normalized spacial score (nSPS) is 16.6. The van der Waals surface area contributed by atoms with Crippen molar-refractivity contribution in [2.24, 2.45) is 0 Å². The van der Waals surface area contributed by atoms with Gasteiger partial charge < -0.3 is 14.9 Å². The molecule has 0 saturated heterocycles. The largest absolute Gasteiger partial charge is 0.478 e. The quantitative estimate of drug-likeness (QED) is 0.722. The summed E-state index contributed by atoms with van der Waals surface area (Å²) in [4.78, 5) is 20.5. The molecule has 29 heavy (non-hydrogen) atoms. The van der Waals surface area contributed by atoms with Crippen molar-refractivity contribution in [3.8, 4) is 0 Å². The van der Waals surface area contributed by atoms with E-state index in [0.717, 1.165) is 17.1 Å². The number of aromatic nitrogens is 1. The topological polar surface area (TPSA) is 56.7 Å². The summed E-state index contributed by atoms with van der Waals surface area (Å²) in [5, 5.41) is 10.5. The molecule has 5 nitrogen and oxygen atoms in total. The third-order valence-corrected chi connectivity index (χ3v) is 5.73. The first kappa shape index (κ1) is 20.9. The molecule has 1 atom stereocenters. The number of thioether (sulfide) groups is 1. The van der Waals surface area contributed by atoms with Gasteiger partial charge in [-0.1, -0.05) is 25.1 Å². The van der Waals surface area contributed by atoms with Crippen molar-refractivity contribution in [2.45, 2.75) is 26.6 Å². The zero-order valence-electron chi connectivity index (χ0n) is 16.7. The Hall–Kier alpha value is -2.80. The zero-order valence-corrected chi connectivity index (χ0v) is 17.5. The Morgan fingerprint density at radius 2 is 2.10 bits per heavy atom. The lowest BCUT2D eigenvalue weighted by Gasteiger charge is -2.42. The van der Waals surface area contributed by atoms with Crippen LogP contribution < -0.4 is 4.90 Å². The fraction of sp³-hybridized carbons (Fsp3) is 0.273. The Kier molecular flexibility index (Phi) is 6.59. The number of pyridine rings is 1. The molecule has 152 valence electrons. The highest BCUT2D eigenvalue weighted by Crippen LogP contribution is 2.37. The van der Waals surface area contributed by atoms with Crippen LogP contribution in [0.25, 0.3) is 0 Å². The number of halogens is 1. The molecule has 0 radical (unpaired) electrons. The molecule has 1 aromatic heterocycles. The highest BCUT2D eigenvalue weighted by molar-refractivity contribution is 8.03. The number of hydrogen-bond donors (Lipinski definition) is 1. The van der Waals surface area contributed by atoms with Crippen molar-refractivity contribution < 1.29 is 14.3 Å². The van der Waals surface area contributed by atoms with E-state index in [4.69, 9.17) is 0 Å². The number of benzene rings is 1. The van der Waals surface area contributed by atoms with E-state index in [1.165, 1.54) is 23.9 Å². The van der Waals surface area contributed by atoms with Gasteiger partial charge in [0.1, 0.15) is 17.8 Å². The average molecular weight is 414 g/mol. The van der Waals surface area contributed by atoms with E-state index in [0.29, 0.717) is 22.7 Å². The van der Waals surface area contributed by atoms with Gasteiger partial charge in [-0.2, -0.15) is 0 Å². The number of anilines is 1. The summed E-state index contributed by atoms with van der Waals surface area (Å²) in [6, 6.07) is 12.1. The van der Waals surface area contributed by atoms with Gasteiger partial charge in [-0.3, -0.25) is 0 Å². The molecule has 0 saturated carbocycles. The summed E-state index contributed by atoms with van der Waals surface area (Å²) in [7, 11) is 1.93. The second-order valence-electron chi connectivity index (χ2n) is 6.74. The lowest BCUT2D eigenvalue weighted by molar-refractivity contribution is -0.132. The molecule has 1 unspecified atom stereocenters. The number of carboxylic acids is 1. The predicted molar refractivity (Wildman–Crippen MR) is 115 cm³/mol. The first-order valence-corrected chi connectivity index (χ1v) is 10.3. The molecule has 0 amide bonds. The SMILES string of the molecule is CCSC1=C(C(=O)O)C(C)=CC(N(C)c2ccccn2)N1Cc1cccc(F)c1. The standard InChI is InChI=1S/C22H24FN3O2S/c1-4-29-21-20(22(27)28)15(2)12-19(25(3)18-10-5-6-11-24-18)26(21)14-16-8-7-9-17(23)13-16/h5-13,19H,4,14H2,1-3H3,(H,27,28). The molecule has 1 aromatic carbocycles. The lowest BCUT2D eigenvalue weighted by atomic mass is 10.0. The van der Waals surface area contributed by atoms with Crippen molar-refractivity contribution in [3.63, 3.8) is 0 Å². The summed E-state index contributed by atoms with van der Waals surface area (Å²) in [6.07, 6.45) is 3.39. The second kappa shape index (κ2) is 9.13. The predicted octanol–water partition coefficient (Wildman–Crippen LogP) is 4.49. The maximum Gasteiger partial charge on any atom is 0.338 e. The molecular weight excluding hydrogens is 389 g/mol. The molecule has 2 heterocycles. The fourth-order valence-corrected chi connectivity index (χ4v) is 4.40. The van der Waals surface area contributed by atoms with E-state index in [9.17, 15) is 14.3 Å². The third-order valence-electron chi connectivity index (χ3n) is 4.73. The summed E-state index contributed by atoms with van der Waals surface area (Å²) in [6.45, 7) is 4.18. The minimum Gasteiger partial charge on any atom is -0.478 e. The molecular formula is C22H24FN3O2S. The van der Waals surface area contributed by atoms with Crippen molar-refractivity contribution in [3.05, 3.63) is 82.3 Å². The fourth-order valence-electron chi connectivity index (χ4n) is 3.40. The molecule has 3 rings (SSSR count). The minimum absolute atomic E-state index is 0.259. The van der Waals surface area contributed by atoms with Crippen molar-refractivity contribution in [2.75, 3.05) is 17.7 Å². The molecule has 1 N–H and O–H groups in total. The smallest absolute Gasteiger partial charge is 0.338 e. The number of carboxylic acid groups (broad SMARTS) is 1. The Balaban J connectivity index is 2.09. The van der Waals surface area contributed by atoms with Crippen molar-refractivity contribution in [1.29, 1.82) is 0 Å². The van der Waals surface area contributed by atoms with Crippen LogP contribution in [0.2, 0.25) is 0 Å². The first-order valence-electron chi connectivity index (χ1n) is 9.36. The van der Waals surface area contributed by atoms with Crippen LogP contribution >= 0.6 is 11.8 Å². The van der Waals surface area contributed by atoms with Gasteiger partial charge in [0.05, 0.1) is 10.6 Å². The van der Waals surface area contributed by atoms with Crippen molar-refractivity contribution >= 4 is 23.5 Å². The van der Waals surface area contributed by atoms with E-state index in [-0.39, 0.29) is 12.0 Å². The van der Waals surface area contributed by atoms with Gasteiger partial charge in [0.25, 0.3) is 0 Å². The van der Waals surface area contributed by atoms with Crippen LogP contribution in [0.3, 0.4) is 0 Å². The second-order valence-corrected chi connectivity index (χ2v) is 7.99. The van der Waals surface area contributed by atoms with Gasteiger partial charge in [-0.05, 0) is 54.2 Å². The summed E-state index contributed by atoms with van der Waals surface area (Å²) in [5.41, 5.74) is 1.77. The number of hydrogen-bond acceptors (Lipinski definition) is 5. The number of nitrogens with zero attached hydrogens (tertiary/aromatic N) is 3. The monoisotopic (exact) mass is 413 g/mol. The maximum absolute atomic E-state index is 13.8. The van der Waals surface area contributed by atoms with Crippen LogP contribution in [0.15, 0.2) is 70.9 Å². The molecule has 0 fully saturated rings. The van der Waals surface area contributed by atoms with Gasteiger partial charge in [0.2, 0.25) is 0 Å². The number of likely N-dealkylation sites (N-methyl/N-ethyl adjacent to an activating group) is 1. The van der Waals surface area contributed by atoms with Crippen LogP contribution in [0.5, 0.6) is 0 Å². The zero-order chi connectivity index (χ0) is 21.0. The molecule has 7 heteroatoms.